The van der Waals surface area contributed by atoms with Gasteiger partial charge in [-0.25, -0.2) is 8.42 Å². The molecule has 2 aromatic carbocycles. The van der Waals surface area contributed by atoms with Crippen molar-refractivity contribution >= 4 is 21.7 Å². The number of hydrogen-bond donors (Lipinski definition) is 3. The molecule has 0 heterocycles. The highest BCUT2D eigenvalue weighted by Crippen LogP contribution is 2.16. The van der Waals surface area contributed by atoms with Crippen molar-refractivity contribution in [1.82, 2.24) is 16.0 Å². The van der Waals surface area contributed by atoms with Crippen LogP contribution < -0.4 is 16.0 Å². The standard InChI is InChI=1S/C23H32N4O3S/c1-6-17(3)27-22(28)20-9-7-8-18(13-20)14-25-23(24-4)26-15-19-10-11-21(16(2)12-19)31(5,29)30/h7-13,17H,6,14-15H2,1-5H3,(H,27,28)(H2,24,25,26). The topological polar surface area (TPSA) is 99.7 Å². The first-order valence-corrected chi connectivity index (χ1v) is 12.2. The molecule has 168 valence electrons. The normalized spacial score (nSPS) is 12.9. The Balaban J connectivity index is 1.95. The van der Waals surface area contributed by atoms with Crippen molar-refractivity contribution < 1.29 is 13.2 Å². The molecule has 1 amide bonds. The highest BCUT2D eigenvalue weighted by molar-refractivity contribution is 7.90. The minimum atomic E-state index is -3.23. The maximum Gasteiger partial charge on any atom is 0.251 e. The number of rotatable bonds is 8. The quantitative estimate of drug-likeness (QED) is 0.429. The molecule has 0 aromatic heterocycles. The summed E-state index contributed by atoms with van der Waals surface area (Å²) in [5.41, 5.74) is 3.27. The Hall–Kier alpha value is -2.87. The van der Waals surface area contributed by atoms with Crippen LogP contribution in [0.4, 0.5) is 0 Å². The van der Waals surface area contributed by atoms with Gasteiger partial charge in [0.25, 0.3) is 5.91 Å². The van der Waals surface area contributed by atoms with E-state index in [-0.39, 0.29) is 11.9 Å². The molecule has 8 heteroatoms. The molecule has 7 nitrogen and oxygen atoms in total. The van der Waals surface area contributed by atoms with Gasteiger partial charge in [0.15, 0.2) is 15.8 Å². The lowest BCUT2D eigenvalue weighted by Crippen LogP contribution is -2.36. The molecule has 0 bridgehead atoms. The van der Waals surface area contributed by atoms with Crippen LogP contribution in [0.1, 0.15) is 47.3 Å². The van der Waals surface area contributed by atoms with E-state index in [0.29, 0.717) is 29.5 Å². The lowest BCUT2D eigenvalue weighted by atomic mass is 10.1. The van der Waals surface area contributed by atoms with Crippen LogP contribution in [-0.2, 0) is 22.9 Å². The summed E-state index contributed by atoms with van der Waals surface area (Å²) in [6.07, 6.45) is 2.09. The smallest absolute Gasteiger partial charge is 0.251 e. The third-order valence-electron chi connectivity index (χ3n) is 4.96. The van der Waals surface area contributed by atoms with Crippen molar-refractivity contribution in [3.63, 3.8) is 0 Å². The highest BCUT2D eigenvalue weighted by atomic mass is 32.2. The summed E-state index contributed by atoms with van der Waals surface area (Å²) in [7, 11) is -1.54. The molecular formula is C23H32N4O3S. The number of nitrogens with zero attached hydrogens (tertiary/aromatic N) is 1. The van der Waals surface area contributed by atoms with Gasteiger partial charge in [-0.3, -0.25) is 9.79 Å². The number of carbonyl (C=O) groups excluding carboxylic acids is 1. The molecule has 0 aliphatic rings. The third kappa shape index (κ3) is 7.40. The summed E-state index contributed by atoms with van der Waals surface area (Å²) in [5.74, 6) is 0.533. The fourth-order valence-electron chi connectivity index (χ4n) is 3.06. The lowest BCUT2D eigenvalue weighted by molar-refractivity contribution is 0.0939. The van der Waals surface area contributed by atoms with Gasteiger partial charge in [-0.15, -0.1) is 0 Å². The largest absolute Gasteiger partial charge is 0.352 e. The number of hydrogen-bond acceptors (Lipinski definition) is 4. The Morgan fingerprint density at radius 1 is 1.06 bits per heavy atom. The van der Waals surface area contributed by atoms with Crippen LogP contribution in [0, 0.1) is 6.92 Å². The van der Waals surface area contributed by atoms with Crippen LogP contribution in [0.2, 0.25) is 0 Å². The number of benzene rings is 2. The molecule has 2 rings (SSSR count). The summed E-state index contributed by atoms with van der Waals surface area (Å²) >= 11 is 0. The first-order chi connectivity index (χ1) is 14.6. The lowest BCUT2D eigenvalue weighted by Gasteiger charge is -2.14. The first-order valence-electron chi connectivity index (χ1n) is 10.3. The fourth-order valence-corrected chi connectivity index (χ4v) is 4.02. The van der Waals surface area contributed by atoms with Gasteiger partial charge in [0, 0.05) is 38.0 Å². The molecule has 3 N–H and O–H groups in total. The molecule has 2 aromatic rings. The van der Waals surface area contributed by atoms with E-state index >= 15 is 0 Å². The van der Waals surface area contributed by atoms with Gasteiger partial charge in [0.05, 0.1) is 4.90 Å². The summed E-state index contributed by atoms with van der Waals surface area (Å²) in [6, 6.07) is 12.9. The number of sulfone groups is 1. The second kappa shape index (κ2) is 10.9. The van der Waals surface area contributed by atoms with Gasteiger partial charge in [-0.05, 0) is 55.2 Å². The summed E-state index contributed by atoms with van der Waals surface area (Å²) < 4.78 is 23.5. The molecule has 0 spiro atoms. The number of aryl methyl sites for hydroxylation is 1. The van der Waals surface area contributed by atoms with Crippen LogP contribution in [-0.4, -0.2) is 39.6 Å². The van der Waals surface area contributed by atoms with Crippen LogP contribution in [0.3, 0.4) is 0 Å². The highest BCUT2D eigenvalue weighted by Gasteiger charge is 2.11. The Bertz CT molecular complexity index is 1050. The zero-order chi connectivity index (χ0) is 23.0. The molecule has 0 aliphatic carbocycles. The van der Waals surface area contributed by atoms with Gasteiger partial charge in [0.2, 0.25) is 0 Å². The van der Waals surface area contributed by atoms with Gasteiger partial charge in [-0.1, -0.05) is 31.2 Å². The zero-order valence-electron chi connectivity index (χ0n) is 18.8. The van der Waals surface area contributed by atoms with Crippen molar-refractivity contribution in [2.45, 2.75) is 51.2 Å². The van der Waals surface area contributed by atoms with E-state index in [9.17, 15) is 13.2 Å². The molecule has 1 unspecified atom stereocenters. The van der Waals surface area contributed by atoms with Crippen LogP contribution >= 0.6 is 0 Å². The monoisotopic (exact) mass is 444 g/mol. The maximum absolute atomic E-state index is 12.3. The molecule has 0 saturated carbocycles. The molecule has 0 fully saturated rings. The van der Waals surface area contributed by atoms with Crippen molar-refractivity contribution in [2.75, 3.05) is 13.3 Å². The van der Waals surface area contributed by atoms with E-state index in [1.54, 1.807) is 32.2 Å². The molecule has 0 radical (unpaired) electrons. The van der Waals surface area contributed by atoms with E-state index in [0.717, 1.165) is 23.1 Å². The SMILES string of the molecule is CCC(C)NC(=O)c1cccc(CNC(=NC)NCc2ccc(S(C)(=O)=O)c(C)c2)c1. The number of carbonyl (C=O) groups is 1. The van der Waals surface area contributed by atoms with Crippen molar-refractivity contribution in [3.05, 3.63) is 64.7 Å². The van der Waals surface area contributed by atoms with Gasteiger partial charge >= 0.3 is 0 Å². The minimum Gasteiger partial charge on any atom is -0.352 e. The number of amides is 1. The van der Waals surface area contributed by atoms with Crippen LogP contribution in [0.15, 0.2) is 52.4 Å². The Morgan fingerprint density at radius 2 is 1.71 bits per heavy atom. The molecule has 0 saturated heterocycles. The summed E-state index contributed by atoms with van der Waals surface area (Å²) in [5, 5.41) is 9.43. The number of guanidine groups is 1. The summed E-state index contributed by atoms with van der Waals surface area (Å²) in [4.78, 5) is 16.9. The van der Waals surface area contributed by atoms with Gasteiger partial charge < -0.3 is 16.0 Å². The number of nitrogens with one attached hydrogen (secondary N) is 3. The molecule has 0 aliphatic heterocycles. The van der Waals surface area contributed by atoms with Crippen molar-refractivity contribution in [2.24, 2.45) is 4.99 Å². The zero-order valence-corrected chi connectivity index (χ0v) is 19.6. The van der Waals surface area contributed by atoms with Gasteiger partial charge in [-0.2, -0.15) is 0 Å². The van der Waals surface area contributed by atoms with Gasteiger partial charge in [0.1, 0.15) is 0 Å². The van der Waals surface area contributed by atoms with Crippen LogP contribution in [0.25, 0.3) is 0 Å². The Kier molecular flexibility index (Phi) is 8.62. The minimum absolute atomic E-state index is 0.0772. The second-order valence-corrected chi connectivity index (χ2v) is 9.62. The first kappa shape index (κ1) is 24.4. The summed E-state index contributed by atoms with van der Waals surface area (Å²) in [6.45, 7) is 6.82. The third-order valence-corrected chi connectivity index (χ3v) is 6.22. The van der Waals surface area contributed by atoms with Crippen molar-refractivity contribution in [3.8, 4) is 0 Å². The van der Waals surface area contributed by atoms with E-state index in [1.165, 1.54) is 6.26 Å². The fraction of sp³-hybridized carbons (Fsp3) is 0.391. The Labute approximate surface area is 185 Å². The predicted octanol–water partition coefficient (Wildman–Crippen LogP) is 2.79. The predicted molar refractivity (Wildman–Crippen MR) is 125 cm³/mol. The molecule has 1 atom stereocenters. The Morgan fingerprint density at radius 3 is 2.26 bits per heavy atom. The second-order valence-electron chi connectivity index (χ2n) is 7.63. The van der Waals surface area contributed by atoms with Crippen LogP contribution in [0.5, 0.6) is 0 Å². The van der Waals surface area contributed by atoms with E-state index in [4.69, 9.17) is 0 Å². The van der Waals surface area contributed by atoms with Crippen molar-refractivity contribution in [1.29, 1.82) is 0 Å². The van der Waals surface area contributed by atoms with E-state index in [1.807, 2.05) is 38.1 Å². The number of aliphatic imine (C=N–C) groups is 1. The average Bonchev–Trinajstić information content (AvgIpc) is 2.73. The molecular weight excluding hydrogens is 412 g/mol. The average molecular weight is 445 g/mol. The maximum atomic E-state index is 12.3. The van der Waals surface area contributed by atoms with E-state index in [2.05, 4.69) is 20.9 Å². The van der Waals surface area contributed by atoms with E-state index < -0.39 is 9.84 Å². The molecule has 31 heavy (non-hydrogen) atoms.